The average molecular weight is 421 g/mol. The average Bonchev–Trinajstić information content (AvgIpc) is 3.25. The number of aryl methyl sites for hydroxylation is 2. The number of aromatic nitrogens is 2. The number of rotatable bonds is 6. The van der Waals surface area contributed by atoms with E-state index in [4.69, 9.17) is 9.26 Å². The minimum Gasteiger partial charge on any atom is -0.495 e. The summed E-state index contributed by atoms with van der Waals surface area (Å²) in [6, 6.07) is 13.8. The Kier molecular flexibility index (Phi) is 6.32. The first-order chi connectivity index (χ1) is 15.0. The Labute approximate surface area is 182 Å². The van der Waals surface area contributed by atoms with E-state index in [0.717, 1.165) is 37.1 Å². The van der Waals surface area contributed by atoms with Crippen LogP contribution in [0.15, 0.2) is 47.0 Å². The number of ether oxygens (including phenoxy) is 1. The summed E-state index contributed by atoms with van der Waals surface area (Å²) in [7, 11) is 1.60. The van der Waals surface area contributed by atoms with Gasteiger partial charge in [0.05, 0.1) is 19.3 Å². The normalized spacial score (nSPS) is 15.1. The van der Waals surface area contributed by atoms with E-state index in [0.29, 0.717) is 29.7 Å². The summed E-state index contributed by atoms with van der Waals surface area (Å²) in [6.45, 7) is 6.01. The number of piperidine rings is 1. The molecule has 0 unspecified atom stereocenters. The van der Waals surface area contributed by atoms with Crippen LogP contribution in [0.1, 0.15) is 35.8 Å². The second-order valence-corrected chi connectivity index (χ2v) is 8.13. The molecule has 1 aliphatic rings. The smallest absolute Gasteiger partial charge is 0.238 e. The van der Waals surface area contributed by atoms with Crippen LogP contribution >= 0.6 is 0 Å². The van der Waals surface area contributed by atoms with Gasteiger partial charge in [-0.3, -0.25) is 9.69 Å². The Morgan fingerprint density at radius 1 is 1.16 bits per heavy atom. The summed E-state index contributed by atoms with van der Waals surface area (Å²) >= 11 is 0. The first-order valence-corrected chi connectivity index (χ1v) is 10.6. The Morgan fingerprint density at radius 3 is 2.68 bits per heavy atom. The lowest BCUT2D eigenvalue weighted by Crippen LogP contribution is -2.38. The van der Waals surface area contributed by atoms with E-state index in [1.54, 1.807) is 7.11 Å². The number of hydrogen-bond donors (Lipinski definition) is 1. The Morgan fingerprint density at radius 2 is 1.94 bits per heavy atom. The highest BCUT2D eigenvalue weighted by atomic mass is 16.5. The number of benzene rings is 2. The maximum atomic E-state index is 12.6. The third kappa shape index (κ3) is 5.11. The van der Waals surface area contributed by atoms with Gasteiger partial charge in [0.25, 0.3) is 0 Å². The van der Waals surface area contributed by atoms with E-state index in [9.17, 15) is 4.79 Å². The molecule has 31 heavy (non-hydrogen) atoms. The summed E-state index contributed by atoms with van der Waals surface area (Å²) in [5, 5.41) is 7.14. The van der Waals surface area contributed by atoms with Gasteiger partial charge in [-0.25, -0.2) is 0 Å². The quantitative estimate of drug-likeness (QED) is 0.644. The highest BCUT2D eigenvalue weighted by molar-refractivity contribution is 5.93. The van der Waals surface area contributed by atoms with Crippen molar-refractivity contribution in [3.8, 4) is 17.1 Å². The summed E-state index contributed by atoms with van der Waals surface area (Å²) in [4.78, 5) is 19.3. The molecular formula is C24H28N4O3. The van der Waals surface area contributed by atoms with E-state index in [2.05, 4.69) is 26.4 Å². The van der Waals surface area contributed by atoms with Crippen LogP contribution in [0.3, 0.4) is 0 Å². The van der Waals surface area contributed by atoms with Crippen molar-refractivity contribution in [2.75, 3.05) is 32.1 Å². The van der Waals surface area contributed by atoms with Crippen LogP contribution in [0, 0.1) is 13.8 Å². The van der Waals surface area contributed by atoms with Crippen LogP contribution in [-0.2, 0) is 4.79 Å². The lowest BCUT2D eigenvalue weighted by atomic mass is 9.97. The molecule has 0 spiro atoms. The molecule has 1 saturated heterocycles. The number of likely N-dealkylation sites (tertiary alicyclic amines) is 1. The summed E-state index contributed by atoms with van der Waals surface area (Å²) in [6.07, 6.45) is 1.77. The zero-order valence-electron chi connectivity index (χ0n) is 18.2. The van der Waals surface area contributed by atoms with E-state index in [1.165, 1.54) is 5.56 Å². The van der Waals surface area contributed by atoms with Crippen molar-refractivity contribution >= 4 is 11.6 Å². The van der Waals surface area contributed by atoms with Crippen LogP contribution in [0.4, 0.5) is 5.69 Å². The van der Waals surface area contributed by atoms with Gasteiger partial charge < -0.3 is 14.6 Å². The van der Waals surface area contributed by atoms with Crippen molar-refractivity contribution in [2.24, 2.45) is 0 Å². The molecule has 1 fully saturated rings. The lowest BCUT2D eigenvalue weighted by Gasteiger charge is -2.29. The van der Waals surface area contributed by atoms with Gasteiger partial charge in [-0.1, -0.05) is 35.0 Å². The maximum absolute atomic E-state index is 12.6. The molecule has 0 saturated carbocycles. The number of nitrogens with zero attached hydrogens (tertiary/aromatic N) is 3. The van der Waals surface area contributed by atoms with Crippen molar-refractivity contribution in [3.63, 3.8) is 0 Å². The van der Waals surface area contributed by atoms with Gasteiger partial charge in [0.15, 0.2) is 0 Å². The zero-order chi connectivity index (χ0) is 21.8. The van der Waals surface area contributed by atoms with Crippen LogP contribution in [0.5, 0.6) is 5.75 Å². The third-order valence-electron chi connectivity index (χ3n) is 5.65. The van der Waals surface area contributed by atoms with E-state index < -0.39 is 0 Å². The second kappa shape index (κ2) is 9.31. The first kappa shape index (κ1) is 21.1. The SMILES string of the molecule is COc1ccc(C)cc1NC(=O)CN1CCC(c2nc(-c3cccc(C)c3)no2)CC1. The second-order valence-electron chi connectivity index (χ2n) is 8.13. The Balaban J connectivity index is 1.31. The van der Waals surface area contributed by atoms with Gasteiger partial charge in [0.1, 0.15) is 5.75 Å². The van der Waals surface area contributed by atoms with Gasteiger partial charge >= 0.3 is 0 Å². The lowest BCUT2D eigenvalue weighted by molar-refractivity contribution is -0.117. The van der Waals surface area contributed by atoms with Gasteiger partial charge in [-0.15, -0.1) is 0 Å². The molecule has 2 heterocycles. The number of methoxy groups -OCH3 is 1. The molecular weight excluding hydrogens is 392 g/mol. The van der Waals surface area contributed by atoms with E-state index in [-0.39, 0.29) is 11.8 Å². The molecule has 7 nitrogen and oxygen atoms in total. The Bertz CT molecular complexity index is 1050. The fourth-order valence-corrected chi connectivity index (χ4v) is 3.95. The summed E-state index contributed by atoms with van der Waals surface area (Å²) < 4.78 is 10.9. The topological polar surface area (TPSA) is 80.5 Å². The third-order valence-corrected chi connectivity index (χ3v) is 5.65. The number of amides is 1. The zero-order valence-corrected chi connectivity index (χ0v) is 18.2. The molecule has 1 aliphatic heterocycles. The monoisotopic (exact) mass is 420 g/mol. The van der Waals surface area contributed by atoms with Crippen molar-refractivity contribution in [1.82, 2.24) is 15.0 Å². The largest absolute Gasteiger partial charge is 0.495 e. The van der Waals surface area contributed by atoms with Crippen molar-refractivity contribution < 1.29 is 14.1 Å². The van der Waals surface area contributed by atoms with Gasteiger partial charge in [0.2, 0.25) is 17.6 Å². The minimum atomic E-state index is -0.0399. The highest BCUT2D eigenvalue weighted by Crippen LogP contribution is 2.29. The Hall–Kier alpha value is -3.19. The molecule has 4 rings (SSSR count). The molecule has 0 radical (unpaired) electrons. The number of anilines is 1. The summed E-state index contributed by atoms with van der Waals surface area (Å²) in [5.41, 5.74) is 3.91. The van der Waals surface area contributed by atoms with Crippen LogP contribution in [-0.4, -0.2) is 47.7 Å². The standard InChI is InChI=1S/C24H28N4O3/c1-16-5-4-6-19(13-16)23-26-24(31-27-23)18-9-11-28(12-10-18)15-22(29)25-20-14-17(2)7-8-21(20)30-3/h4-8,13-14,18H,9-12,15H2,1-3H3,(H,25,29). The molecule has 2 aromatic carbocycles. The molecule has 3 aromatic rings. The van der Waals surface area contributed by atoms with Crippen molar-refractivity contribution in [3.05, 3.63) is 59.5 Å². The molecule has 162 valence electrons. The molecule has 0 aliphatic carbocycles. The fraction of sp³-hybridized carbons (Fsp3) is 0.375. The number of nitrogens with one attached hydrogen (secondary N) is 1. The van der Waals surface area contributed by atoms with Crippen molar-refractivity contribution in [1.29, 1.82) is 0 Å². The van der Waals surface area contributed by atoms with E-state index >= 15 is 0 Å². The fourth-order valence-electron chi connectivity index (χ4n) is 3.95. The number of hydrogen-bond acceptors (Lipinski definition) is 6. The van der Waals surface area contributed by atoms with Gasteiger partial charge in [-0.2, -0.15) is 4.98 Å². The summed E-state index contributed by atoms with van der Waals surface area (Å²) in [5.74, 6) is 2.17. The number of carbonyl (C=O) groups excluding carboxylic acids is 1. The van der Waals surface area contributed by atoms with Gasteiger partial charge in [-0.05, 0) is 63.5 Å². The minimum absolute atomic E-state index is 0.0399. The van der Waals surface area contributed by atoms with Gasteiger partial charge in [0, 0.05) is 11.5 Å². The van der Waals surface area contributed by atoms with Crippen molar-refractivity contribution in [2.45, 2.75) is 32.6 Å². The molecule has 0 atom stereocenters. The van der Waals surface area contributed by atoms with E-state index in [1.807, 2.05) is 50.2 Å². The first-order valence-electron chi connectivity index (χ1n) is 10.6. The predicted molar refractivity (Wildman–Crippen MR) is 119 cm³/mol. The van der Waals surface area contributed by atoms with Crippen LogP contribution in [0.2, 0.25) is 0 Å². The molecule has 1 aromatic heterocycles. The predicted octanol–water partition coefficient (Wildman–Crippen LogP) is 4.18. The maximum Gasteiger partial charge on any atom is 0.238 e. The van der Waals surface area contributed by atoms with Crippen LogP contribution < -0.4 is 10.1 Å². The molecule has 1 amide bonds. The molecule has 7 heteroatoms. The molecule has 1 N–H and O–H groups in total. The molecule has 0 bridgehead atoms. The van der Waals surface area contributed by atoms with Crippen LogP contribution in [0.25, 0.3) is 11.4 Å². The highest BCUT2D eigenvalue weighted by Gasteiger charge is 2.26. The number of carbonyl (C=O) groups is 1.